The van der Waals surface area contributed by atoms with Gasteiger partial charge in [-0.15, -0.1) is 0 Å². The fraction of sp³-hybridized carbons (Fsp3) is 0.231. The van der Waals surface area contributed by atoms with Crippen molar-refractivity contribution in [2.24, 2.45) is 0 Å². The molecule has 0 N–H and O–H groups in total. The molecule has 3 aromatic carbocycles. The monoisotopic (exact) mass is 525 g/mol. The summed E-state index contributed by atoms with van der Waals surface area (Å²) >= 11 is 4.50. The van der Waals surface area contributed by atoms with Crippen molar-refractivity contribution in [2.45, 2.75) is 26.8 Å². The van der Waals surface area contributed by atoms with E-state index in [1.165, 1.54) is 4.90 Å². The predicted molar refractivity (Wildman–Crippen MR) is 137 cm³/mol. The first-order valence-corrected chi connectivity index (χ1v) is 12.4. The molecular formula is C26H24BrNO4S. The van der Waals surface area contributed by atoms with Crippen LogP contribution < -0.4 is 9.47 Å². The lowest BCUT2D eigenvalue weighted by atomic mass is 10.1. The number of carbonyl (C=O) groups is 2. The zero-order chi connectivity index (χ0) is 23.4. The highest BCUT2D eigenvalue weighted by molar-refractivity contribution is 9.10. The first-order valence-electron chi connectivity index (χ1n) is 10.8. The number of amides is 2. The number of hydrogen-bond acceptors (Lipinski definition) is 5. The molecule has 0 bridgehead atoms. The Morgan fingerprint density at radius 2 is 1.79 bits per heavy atom. The number of ether oxygens (including phenoxy) is 2. The lowest BCUT2D eigenvalue weighted by Crippen LogP contribution is -2.27. The van der Waals surface area contributed by atoms with E-state index in [-0.39, 0.29) is 17.7 Å². The van der Waals surface area contributed by atoms with Crippen LogP contribution in [0.2, 0.25) is 0 Å². The molecule has 0 aliphatic carbocycles. The predicted octanol–water partition coefficient (Wildman–Crippen LogP) is 7.03. The molecule has 0 unspecified atom stereocenters. The fourth-order valence-corrected chi connectivity index (χ4v) is 5.00. The zero-order valence-corrected chi connectivity index (χ0v) is 20.9. The van der Waals surface area contributed by atoms with E-state index in [2.05, 4.69) is 15.9 Å². The van der Waals surface area contributed by atoms with Crippen LogP contribution in [0.1, 0.15) is 31.4 Å². The topological polar surface area (TPSA) is 55.8 Å². The van der Waals surface area contributed by atoms with Crippen molar-refractivity contribution < 1.29 is 19.1 Å². The van der Waals surface area contributed by atoms with E-state index in [0.29, 0.717) is 29.6 Å². The highest BCUT2D eigenvalue weighted by atomic mass is 79.9. The average molecular weight is 526 g/mol. The SMILES string of the molecule is CCCOc1c(Br)cc(/C=C2\SC(=O)N(Cc3ccc4ccccc4c3)C2=O)cc1OCC. The third-order valence-electron chi connectivity index (χ3n) is 5.11. The van der Waals surface area contributed by atoms with E-state index in [0.717, 1.165) is 44.6 Å². The molecule has 2 amide bonds. The second kappa shape index (κ2) is 10.4. The van der Waals surface area contributed by atoms with E-state index in [1.807, 2.05) is 68.4 Å². The lowest BCUT2D eigenvalue weighted by Gasteiger charge is -2.14. The average Bonchev–Trinajstić information content (AvgIpc) is 3.06. The van der Waals surface area contributed by atoms with Gasteiger partial charge in [-0.3, -0.25) is 14.5 Å². The van der Waals surface area contributed by atoms with Gasteiger partial charge in [-0.25, -0.2) is 0 Å². The van der Waals surface area contributed by atoms with Gasteiger partial charge in [-0.1, -0.05) is 43.3 Å². The summed E-state index contributed by atoms with van der Waals surface area (Å²) in [5.41, 5.74) is 1.67. The zero-order valence-electron chi connectivity index (χ0n) is 18.5. The van der Waals surface area contributed by atoms with E-state index in [9.17, 15) is 9.59 Å². The number of hydrogen-bond donors (Lipinski definition) is 0. The Balaban J connectivity index is 1.57. The third-order valence-corrected chi connectivity index (χ3v) is 6.60. The summed E-state index contributed by atoms with van der Waals surface area (Å²) in [6.45, 7) is 5.25. The van der Waals surface area contributed by atoms with E-state index in [4.69, 9.17) is 9.47 Å². The number of benzene rings is 3. The van der Waals surface area contributed by atoms with Crippen LogP contribution in [0.5, 0.6) is 11.5 Å². The summed E-state index contributed by atoms with van der Waals surface area (Å²) in [6.07, 6.45) is 2.60. The van der Waals surface area contributed by atoms with Crippen molar-refractivity contribution in [3.05, 3.63) is 75.1 Å². The van der Waals surface area contributed by atoms with Crippen molar-refractivity contribution in [3.63, 3.8) is 0 Å². The molecule has 7 heteroatoms. The number of rotatable bonds is 8. The molecule has 0 radical (unpaired) electrons. The van der Waals surface area contributed by atoms with E-state index >= 15 is 0 Å². The Labute approximate surface area is 205 Å². The summed E-state index contributed by atoms with van der Waals surface area (Å²) in [5.74, 6) is 0.945. The maximum absolute atomic E-state index is 13.0. The molecule has 0 saturated carbocycles. The minimum atomic E-state index is -0.293. The lowest BCUT2D eigenvalue weighted by molar-refractivity contribution is -0.123. The van der Waals surface area contributed by atoms with Crippen LogP contribution in [0.3, 0.4) is 0 Å². The molecule has 33 heavy (non-hydrogen) atoms. The Morgan fingerprint density at radius 3 is 2.55 bits per heavy atom. The fourth-order valence-electron chi connectivity index (χ4n) is 3.59. The Kier molecular flexibility index (Phi) is 7.40. The number of thioether (sulfide) groups is 1. The first kappa shape index (κ1) is 23.4. The molecule has 3 aromatic rings. The molecule has 0 spiro atoms. The summed E-state index contributed by atoms with van der Waals surface area (Å²) in [5, 5.41) is 1.93. The van der Waals surface area contributed by atoms with Crippen molar-refractivity contribution in [3.8, 4) is 11.5 Å². The van der Waals surface area contributed by atoms with Crippen LogP contribution in [-0.2, 0) is 11.3 Å². The Morgan fingerprint density at radius 1 is 1.00 bits per heavy atom. The maximum Gasteiger partial charge on any atom is 0.293 e. The number of halogens is 1. The van der Waals surface area contributed by atoms with E-state index < -0.39 is 0 Å². The van der Waals surface area contributed by atoms with Crippen LogP contribution in [-0.4, -0.2) is 29.3 Å². The molecular weight excluding hydrogens is 502 g/mol. The number of fused-ring (bicyclic) bond motifs is 1. The van der Waals surface area contributed by atoms with Crippen LogP contribution in [0.4, 0.5) is 4.79 Å². The molecule has 1 heterocycles. The van der Waals surface area contributed by atoms with Gasteiger partial charge in [0, 0.05) is 0 Å². The van der Waals surface area contributed by atoms with Crippen LogP contribution in [0.25, 0.3) is 16.8 Å². The smallest absolute Gasteiger partial charge is 0.293 e. The standard InChI is InChI=1S/C26H24BrNO4S/c1-3-11-32-24-21(27)13-18(14-22(24)31-4-2)15-23-25(29)28(26(30)33-23)16-17-9-10-19-7-5-6-8-20(19)12-17/h5-10,12-15H,3-4,11,16H2,1-2H3/b23-15-. The normalized spacial score (nSPS) is 15.0. The second-order valence-corrected chi connectivity index (χ2v) is 9.41. The first-order chi connectivity index (χ1) is 16.0. The quantitative estimate of drug-likeness (QED) is 0.295. The van der Waals surface area contributed by atoms with Gasteiger partial charge < -0.3 is 9.47 Å². The molecule has 1 saturated heterocycles. The number of nitrogens with zero attached hydrogens (tertiary/aromatic N) is 1. The number of imide groups is 1. The minimum absolute atomic E-state index is 0.241. The largest absolute Gasteiger partial charge is 0.490 e. The summed E-state index contributed by atoms with van der Waals surface area (Å²) in [7, 11) is 0. The Bertz CT molecular complexity index is 1240. The highest BCUT2D eigenvalue weighted by Gasteiger charge is 2.35. The summed E-state index contributed by atoms with van der Waals surface area (Å²) in [4.78, 5) is 27.4. The van der Waals surface area contributed by atoms with Crippen molar-refractivity contribution >= 4 is 55.7 Å². The second-order valence-electron chi connectivity index (χ2n) is 7.56. The summed E-state index contributed by atoms with van der Waals surface area (Å²) < 4.78 is 12.3. The molecule has 4 rings (SSSR count). The molecule has 170 valence electrons. The highest BCUT2D eigenvalue weighted by Crippen LogP contribution is 2.39. The van der Waals surface area contributed by atoms with Gasteiger partial charge in [0.25, 0.3) is 11.1 Å². The molecule has 5 nitrogen and oxygen atoms in total. The third kappa shape index (κ3) is 5.25. The van der Waals surface area contributed by atoms with Gasteiger partial charge in [0.2, 0.25) is 0 Å². The number of carbonyl (C=O) groups excluding carboxylic acids is 2. The van der Waals surface area contributed by atoms with Gasteiger partial charge in [-0.2, -0.15) is 0 Å². The molecule has 0 aromatic heterocycles. The van der Waals surface area contributed by atoms with Gasteiger partial charge in [0.05, 0.1) is 29.1 Å². The van der Waals surface area contributed by atoms with Crippen LogP contribution in [0.15, 0.2) is 64.0 Å². The van der Waals surface area contributed by atoms with Gasteiger partial charge in [0.15, 0.2) is 11.5 Å². The maximum atomic E-state index is 13.0. The molecule has 1 fully saturated rings. The van der Waals surface area contributed by atoms with Gasteiger partial charge in [-0.05, 0) is 87.2 Å². The Hall–Kier alpha value is -2.77. The van der Waals surface area contributed by atoms with Crippen molar-refractivity contribution in [1.29, 1.82) is 0 Å². The van der Waals surface area contributed by atoms with Crippen LogP contribution >= 0.6 is 27.7 Å². The molecule has 0 atom stereocenters. The molecule has 1 aliphatic rings. The minimum Gasteiger partial charge on any atom is -0.490 e. The molecule has 1 aliphatic heterocycles. The van der Waals surface area contributed by atoms with Crippen LogP contribution in [0, 0.1) is 0 Å². The van der Waals surface area contributed by atoms with Gasteiger partial charge in [0.1, 0.15) is 0 Å². The van der Waals surface area contributed by atoms with Crippen molar-refractivity contribution in [1.82, 2.24) is 4.90 Å². The van der Waals surface area contributed by atoms with Gasteiger partial charge >= 0.3 is 0 Å². The van der Waals surface area contributed by atoms with Crippen molar-refractivity contribution in [2.75, 3.05) is 13.2 Å². The van der Waals surface area contributed by atoms with E-state index in [1.54, 1.807) is 6.08 Å². The summed E-state index contributed by atoms with van der Waals surface area (Å²) in [6, 6.07) is 17.7.